The third kappa shape index (κ3) is 3.01. The van der Waals surface area contributed by atoms with Crippen LogP contribution in [0.15, 0.2) is 18.2 Å². The first-order chi connectivity index (χ1) is 9.13. The fourth-order valence-corrected chi connectivity index (χ4v) is 2.75. The predicted octanol–water partition coefficient (Wildman–Crippen LogP) is 2.66. The maximum atomic E-state index is 13.5. The molecular formula is C13H18FN3O2. The molecule has 0 radical (unpaired) electrons. The molecule has 5 nitrogen and oxygen atoms in total. The van der Waals surface area contributed by atoms with Crippen molar-refractivity contribution in [1.29, 1.82) is 0 Å². The van der Waals surface area contributed by atoms with Crippen LogP contribution in [0.25, 0.3) is 0 Å². The van der Waals surface area contributed by atoms with Gasteiger partial charge in [-0.15, -0.1) is 0 Å². The minimum Gasteiger partial charge on any atom is -0.375 e. The molecule has 6 heteroatoms. The van der Waals surface area contributed by atoms with E-state index < -0.39 is 16.4 Å². The van der Waals surface area contributed by atoms with E-state index in [-0.39, 0.29) is 11.7 Å². The lowest BCUT2D eigenvalue weighted by molar-refractivity contribution is -0.386. The van der Waals surface area contributed by atoms with Gasteiger partial charge < -0.3 is 11.1 Å². The van der Waals surface area contributed by atoms with E-state index in [0.29, 0.717) is 12.5 Å². The van der Waals surface area contributed by atoms with E-state index in [4.69, 9.17) is 5.73 Å². The van der Waals surface area contributed by atoms with Crippen LogP contribution < -0.4 is 11.1 Å². The molecule has 1 aromatic carbocycles. The molecule has 19 heavy (non-hydrogen) atoms. The van der Waals surface area contributed by atoms with Gasteiger partial charge in [-0.05, 0) is 30.9 Å². The zero-order chi connectivity index (χ0) is 13.8. The molecule has 0 spiro atoms. The summed E-state index contributed by atoms with van der Waals surface area (Å²) in [5.74, 6) is -0.412. The second-order valence-electron chi connectivity index (χ2n) is 4.92. The SMILES string of the molecule is NCC(Nc1cccc(F)c1[N+](=O)[O-])C1CCCC1. The average Bonchev–Trinajstić information content (AvgIpc) is 2.89. The lowest BCUT2D eigenvalue weighted by Crippen LogP contribution is -2.35. The van der Waals surface area contributed by atoms with Crippen LogP contribution in [0.2, 0.25) is 0 Å². The summed E-state index contributed by atoms with van der Waals surface area (Å²) in [7, 11) is 0. The van der Waals surface area contributed by atoms with Crippen molar-refractivity contribution in [2.75, 3.05) is 11.9 Å². The van der Waals surface area contributed by atoms with E-state index in [9.17, 15) is 14.5 Å². The highest BCUT2D eigenvalue weighted by atomic mass is 19.1. The Bertz CT molecular complexity index is 461. The molecule has 1 atom stereocenters. The van der Waals surface area contributed by atoms with Gasteiger partial charge in [0.15, 0.2) is 0 Å². The molecule has 1 aliphatic rings. The highest BCUT2D eigenvalue weighted by Crippen LogP contribution is 2.32. The molecule has 0 saturated heterocycles. The largest absolute Gasteiger partial charge is 0.375 e. The molecule has 1 aliphatic carbocycles. The van der Waals surface area contributed by atoms with Gasteiger partial charge in [-0.1, -0.05) is 18.9 Å². The number of nitro groups is 1. The van der Waals surface area contributed by atoms with E-state index in [1.807, 2.05) is 0 Å². The second-order valence-corrected chi connectivity index (χ2v) is 4.92. The molecule has 0 heterocycles. The molecule has 1 aromatic rings. The number of rotatable bonds is 5. The van der Waals surface area contributed by atoms with E-state index in [0.717, 1.165) is 31.7 Å². The summed E-state index contributed by atoms with van der Waals surface area (Å²) in [5.41, 5.74) is 5.45. The average molecular weight is 267 g/mol. The topological polar surface area (TPSA) is 81.2 Å². The van der Waals surface area contributed by atoms with Gasteiger partial charge in [0.2, 0.25) is 5.82 Å². The van der Waals surface area contributed by atoms with Gasteiger partial charge in [-0.25, -0.2) is 0 Å². The van der Waals surface area contributed by atoms with Gasteiger partial charge >= 0.3 is 5.69 Å². The van der Waals surface area contributed by atoms with Crippen molar-refractivity contribution in [3.63, 3.8) is 0 Å². The Kier molecular flexibility index (Phi) is 4.31. The normalized spacial score (nSPS) is 17.4. The van der Waals surface area contributed by atoms with Gasteiger partial charge in [-0.3, -0.25) is 10.1 Å². The van der Waals surface area contributed by atoms with Gasteiger partial charge in [0.25, 0.3) is 0 Å². The monoisotopic (exact) mass is 267 g/mol. The van der Waals surface area contributed by atoms with Gasteiger partial charge in [0.1, 0.15) is 5.69 Å². The van der Waals surface area contributed by atoms with Crippen molar-refractivity contribution >= 4 is 11.4 Å². The van der Waals surface area contributed by atoms with Crippen molar-refractivity contribution in [3.05, 3.63) is 34.1 Å². The fraction of sp³-hybridized carbons (Fsp3) is 0.538. The van der Waals surface area contributed by atoms with Crippen LogP contribution in [0.5, 0.6) is 0 Å². The number of halogens is 1. The molecule has 0 aliphatic heterocycles. The van der Waals surface area contributed by atoms with Crippen LogP contribution in [0.3, 0.4) is 0 Å². The Hall–Kier alpha value is -1.69. The van der Waals surface area contributed by atoms with Crippen molar-refractivity contribution in [1.82, 2.24) is 0 Å². The van der Waals surface area contributed by atoms with Gasteiger partial charge in [-0.2, -0.15) is 4.39 Å². The molecule has 3 N–H and O–H groups in total. The minimum absolute atomic E-state index is 0.0389. The smallest absolute Gasteiger partial charge is 0.327 e. The molecule has 0 aromatic heterocycles. The summed E-state index contributed by atoms with van der Waals surface area (Å²) in [6.45, 7) is 0.387. The number of nitrogens with one attached hydrogen (secondary N) is 1. The first-order valence-electron chi connectivity index (χ1n) is 6.53. The first-order valence-corrected chi connectivity index (χ1v) is 6.53. The molecule has 2 rings (SSSR count). The number of nitrogens with zero attached hydrogens (tertiary/aromatic N) is 1. The zero-order valence-corrected chi connectivity index (χ0v) is 10.6. The van der Waals surface area contributed by atoms with E-state index in [1.54, 1.807) is 0 Å². The number of benzene rings is 1. The highest BCUT2D eigenvalue weighted by molar-refractivity contribution is 5.62. The fourth-order valence-electron chi connectivity index (χ4n) is 2.75. The standard InChI is InChI=1S/C13H18FN3O2/c14-10-6-3-7-11(13(10)17(18)19)16-12(8-15)9-4-1-2-5-9/h3,6-7,9,12,16H,1-2,4-5,8,15H2. The zero-order valence-electron chi connectivity index (χ0n) is 10.6. The molecular weight excluding hydrogens is 249 g/mol. The number of nitro benzene ring substituents is 1. The predicted molar refractivity (Wildman–Crippen MR) is 71.5 cm³/mol. The van der Waals surface area contributed by atoms with Crippen molar-refractivity contribution < 1.29 is 9.31 Å². The molecule has 1 saturated carbocycles. The summed E-state index contributed by atoms with van der Waals surface area (Å²) in [4.78, 5) is 10.2. The number of hydrogen-bond donors (Lipinski definition) is 2. The minimum atomic E-state index is -0.822. The number of hydrogen-bond acceptors (Lipinski definition) is 4. The maximum Gasteiger partial charge on any atom is 0.327 e. The van der Waals surface area contributed by atoms with Crippen LogP contribution in [0, 0.1) is 21.8 Å². The van der Waals surface area contributed by atoms with Crippen LogP contribution in [-0.2, 0) is 0 Å². The van der Waals surface area contributed by atoms with E-state index in [2.05, 4.69) is 5.32 Å². The third-order valence-corrected chi connectivity index (χ3v) is 3.73. The molecule has 104 valence electrons. The molecule has 1 fully saturated rings. The van der Waals surface area contributed by atoms with Crippen molar-refractivity contribution in [3.8, 4) is 0 Å². The Labute approximate surface area is 111 Å². The number of nitrogens with two attached hydrogens (primary N) is 1. The van der Waals surface area contributed by atoms with Crippen LogP contribution in [-0.4, -0.2) is 17.5 Å². The number of para-hydroxylation sites is 1. The molecule has 0 amide bonds. The summed E-state index contributed by atoms with van der Waals surface area (Å²) in [5, 5.41) is 14.0. The second kappa shape index (κ2) is 5.97. The summed E-state index contributed by atoms with van der Waals surface area (Å²) in [6.07, 6.45) is 4.46. The molecule has 1 unspecified atom stereocenters. The molecule has 0 bridgehead atoms. The van der Waals surface area contributed by atoms with Crippen LogP contribution >= 0.6 is 0 Å². The Morgan fingerprint density at radius 2 is 2.16 bits per heavy atom. The van der Waals surface area contributed by atoms with Gasteiger partial charge in [0.05, 0.1) is 4.92 Å². The van der Waals surface area contributed by atoms with Crippen LogP contribution in [0.1, 0.15) is 25.7 Å². The van der Waals surface area contributed by atoms with Gasteiger partial charge in [0, 0.05) is 12.6 Å². The highest BCUT2D eigenvalue weighted by Gasteiger charge is 2.27. The maximum absolute atomic E-state index is 13.5. The lowest BCUT2D eigenvalue weighted by Gasteiger charge is -2.24. The summed E-state index contributed by atoms with van der Waals surface area (Å²) < 4.78 is 13.5. The number of anilines is 1. The van der Waals surface area contributed by atoms with Crippen molar-refractivity contribution in [2.24, 2.45) is 11.7 Å². The van der Waals surface area contributed by atoms with E-state index in [1.165, 1.54) is 12.1 Å². The quantitative estimate of drug-likeness (QED) is 0.634. The Balaban J connectivity index is 2.21. The first kappa shape index (κ1) is 13.7. The Morgan fingerprint density at radius 1 is 1.47 bits per heavy atom. The van der Waals surface area contributed by atoms with Crippen LogP contribution in [0.4, 0.5) is 15.8 Å². The summed E-state index contributed by atoms with van der Waals surface area (Å²) in [6, 6.07) is 4.05. The third-order valence-electron chi connectivity index (χ3n) is 3.73. The van der Waals surface area contributed by atoms with E-state index >= 15 is 0 Å². The summed E-state index contributed by atoms with van der Waals surface area (Å²) >= 11 is 0. The lowest BCUT2D eigenvalue weighted by atomic mass is 9.98. The van der Waals surface area contributed by atoms with Crippen molar-refractivity contribution in [2.45, 2.75) is 31.7 Å². The Morgan fingerprint density at radius 3 is 2.74 bits per heavy atom.